The standard InChI is InChI=1S/C25H35FN6O4S2.ClH/c26-18(10-11-27)17-38(34,35)21-8-4-7-20(14-21)36-13-5-6-19-15-32(31-30-19)12-3-1-2-9-23-24-22(16-37-23)28-25(33)29-24;/h4,7-8,10,14-15,22-24H,1-3,5-6,9,11-13,16-17,27H2,(H2,28,29,33);1H/b18-10-;/t22-,23-,24-;/m0./s1. The average Bonchev–Trinajstić information content (AvgIpc) is 3.58. The maximum atomic E-state index is 13.7. The number of nitrogens with one attached hydrogen (secondary N) is 2. The van der Waals surface area contributed by atoms with E-state index in [1.165, 1.54) is 12.1 Å². The Morgan fingerprint density at radius 2 is 2.10 bits per heavy atom. The average molecular weight is 603 g/mol. The minimum absolute atomic E-state index is 0. The van der Waals surface area contributed by atoms with Crippen LogP contribution in [0.5, 0.6) is 5.75 Å². The van der Waals surface area contributed by atoms with Crippen molar-refractivity contribution in [2.75, 3.05) is 24.7 Å². The van der Waals surface area contributed by atoms with E-state index in [0.717, 1.165) is 49.8 Å². The number of urea groups is 1. The van der Waals surface area contributed by atoms with Crippen LogP contribution in [-0.4, -0.2) is 71.4 Å². The molecule has 1 aromatic heterocycles. The van der Waals surface area contributed by atoms with E-state index in [9.17, 15) is 17.6 Å². The number of aromatic nitrogens is 3. The van der Waals surface area contributed by atoms with Crippen LogP contribution in [0.4, 0.5) is 9.18 Å². The lowest BCUT2D eigenvalue weighted by Crippen LogP contribution is -2.36. The summed E-state index contributed by atoms with van der Waals surface area (Å²) in [5.74, 6) is -0.0903. The van der Waals surface area contributed by atoms with E-state index in [0.29, 0.717) is 30.4 Å². The van der Waals surface area contributed by atoms with Gasteiger partial charge >= 0.3 is 6.03 Å². The number of hydrogen-bond acceptors (Lipinski definition) is 8. The maximum Gasteiger partial charge on any atom is 0.315 e. The van der Waals surface area contributed by atoms with Gasteiger partial charge in [0.25, 0.3) is 0 Å². The molecule has 2 aliphatic rings. The first kappa shape index (κ1) is 31.2. The van der Waals surface area contributed by atoms with Gasteiger partial charge in [0.2, 0.25) is 0 Å². The van der Waals surface area contributed by atoms with Gasteiger partial charge in [-0.3, -0.25) is 4.68 Å². The summed E-state index contributed by atoms with van der Waals surface area (Å²) in [6.45, 7) is 1.14. The molecule has 2 aliphatic heterocycles. The Balaban J connectivity index is 0.00000420. The van der Waals surface area contributed by atoms with Gasteiger partial charge in [-0.15, -0.1) is 17.5 Å². The summed E-state index contributed by atoms with van der Waals surface area (Å²) in [5.41, 5.74) is 6.12. The van der Waals surface area contributed by atoms with Crippen molar-refractivity contribution >= 4 is 40.0 Å². The van der Waals surface area contributed by atoms with Gasteiger partial charge in [0.05, 0.1) is 29.3 Å². The van der Waals surface area contributed by atoms with E-state index in [1.54, 1.807) is 12.1 Å². The first-order valence-electron chi connectivity index (χ1n) is 12.9. The molecule has 39 heavy (non-hydrogen) atoms. The van der Waals surface area contributed by atoms with Crippen LogP contribution < -0.4 is 21.1 Å². The van der Waals surface area contributed by atoms with Gasteiger partial charge in [-0.05, 0) is 50.0 Å². The molecular weight excluding hydrogens is 567 g/mol. The van der Waals surface area contributed by atoms with E-state index in [-0.39, 0.29) is 42.0 Å². The molecule has 216 valence electrons. The van der Waals surface area contributed by atoms with Crippen LogP contribution in [0.2, 0.25) is 0 Å². The summed E-state index contributed by atoms with van der Waals surface area (Å²) in [6, 6.07) is 6.58. The second kappa shape index (κ2) is 14.9. The minimum Gasteiger partial charge on any atom is -0.494 e. The molecule has 14 heteroatoms. The fourth-order valence-electron chi connectivity index (χ4n) is 4.65. The molecule has 0 spiro atoms. The number of aryl methyl sites for hydroxylation is 2. The molecule has 0 aliphatic carbocycles. The lowest BCUT2D eigenvalue weighted by atomic mass is 10.0. The summed E-state index contributed by atoms with van der Waals surface area (Å²) in [6.07, 6.45) is 8.73. The second-order valence-corrected chi connectivity index (χ2v) is 12.8. The van der Waals surface area contributed by atoms with Crippen molar-refractivity contribution < 1.29 is 22.3 Å². The monoisotopic (exact) mass is 602 g/mol. The summed E-state index contributed by atoms with van der Waals surface area (Å²) in [7, 11) is -3.82. The zero-order valence-corrected chi connectivity index (χ0v) is 24.1. The van der Waals surface area contributed by atoms with Crippen molar-refractivity contribution in [2.45, 2.75) is 67.3 Å². The van der Waals surface area contributed by atoms with E-state index in [1.807, 2.05) is 22.6 Å². The van der Waals surface area contributed by atoms with Gasteiger partial charge in [0.1, 0.15) is 17.3 Å². The third-order valence-corrected chi connectivity index (χ3v) is 9.71. The van der Waals surface area contributed by atoms with E-state index in [2.05, 4.69) is 20.9 Å². The summed E-state index contributed by atoms with van der Waals surface area (Å²) < 4.78 is 46.0. The van der Waals surface area contributed by atoms with Crippen molar-refractivity contribution in [3.8, 4) is 5.75 Å². The van der Waals surface area contributed by atoms with Crippen molar-refractivity contribution in [1.82, 2.24) is 25.6 Å². The number of fused-ring (bicyclic) bond motifs is 1. The highest BCUT2D eigenvalue weighted by atomic mass is 35.5. The molecule has 2 aromatic rings. The lowest BCUT2D eigenvalue weighted by Gasteiger charge is -2.16. The van der Waals surface area contributed by atoms with Gasteiger partial charge < -0.3 is 21.1 Å². The number of amides is 2. The van der Waals surface area contributed by atoms with Crippen molar-refractivity contribution in [3.63, 3.8) is 0 Å². The molecule has 2 fully saturated rings. The molecule has 0 unspecified atom stereocenters. The summed E-state index contributed by atoms with van der Waals surface area (Å²) in [5, 5.41) is 15.0. The molecule has 0 saturated carbocycles. The normalized spacial score (nSPS) is 20.7. The van der Waals surface area contributed by atoms with Gasteiger partial charge in [-0.2, -0.15) is 11.8 Å². The van der Waals surface area contributed by atoms with Gasteiger partial charge in [0, 0.05) is 30.3 Å². The number of benzene rings is 1. The zero-order valence-electron chi connectivity index (χ0n) is 21.6. The fraction of sp³-hybridized carbons (Fsp3) is 0.560. The number of nitrogens with zero attached hydrogens (tertiary/aromatic N) is 3. The van der Waals surface area contributed by atoms with Crippen LogP contribution in [0.3, 0.4) is 0 Å². The topological polar surface area (TPSA) is 141 Å². The molecule has 4 rings (SSSR count). The quantitative estimate of drug-likeness (QED) is 0.209. The van der Waals surface area contributed by atoms with Crippen LogP contribution in [0.1, 0.15) is 37.8 Å². The molecule has 2 saturated heterocycles. The van der Waals surface area contributed by atoms with Crippen molar-refractivity contribution in [2.24, 2.45) is 5.73 Å². The number of hydrogen-bond donors (Lipinski definition) is 3. The second-order valence-electron chi connectivity index (χ2n) is 9.52. The number of carbonyl (C=O) groups excluding carboxylic acids is 1. The highest BCUT2D eigenvalue weighted by molar-refractivity contribution is 8.00. The Kier molecular flexibility index (Phi) is 11.9. The molecular formula is C25H36ClFN6O4S2. The van der Waals surface area contributed by atoms with Crippen LogP contribution in [0.15, 0.2) is 47.3 Å². The Morgan fingerprint density at radius 3 is 2.92 bits per heavy atom. The van der Waals surface area contributed by atoms with Crippen molar-refractivity contribution in [1.29, 1.82) is 0 Å². The van der Waals surface area contributed by atoms with Crippen LogP contribution in [-0.2, 0) is 22.8 Å². The number of halogens is 2. The predicted octanol–water partition coefficient (Wildman–Crippen LogP) is 3.02. The van der Waals surface area contributed by atoms with Gasteiger partial charge in [-0.1, -0.05) is 24.1 Å². The highest BCUT2D eigenvalue weighted by Gasteiger charge is 2.42. The SMILES string of the molecule is Cl.NC/C=C(\F)CS(=O)(=O)c1cccc(OCCCc2cn(CCCCC[C@@H]3SC[C@@H]4NC(=O)N[C@@H]43)nn2)c1. The third-order valence-electron chi connectivity index (χ3n) is 6.58. The lowest BCUT2D eigenvalue weighted by molar-refractivity contribution is 0.247. The number of carbonyl (C=O) groups is 1. The number of rotatable bonds is 15. The van der Waals surface area contributed by atoms with E-state index < -0.39 is 21.4 Å². The molecule has 10 nitrogen and oxygen atoms in total. The van der Waals surface area contributed by atoms with Gasteiger partial charge in [-0.25, -0.2) is 17.6 Å². The molecule has 0 radical (unpaired) electrons. The third kappa shape index (κ3) is 9.09. The molecule has 0 bridgehead atoms. The zero-order chi connectivity index (χ0) is 27.0. The highest BCUT2D eigenvalue weighted by Crippen LogP contribution is 2.33. The minimum atomic E-state index is -3.82. The number of unbranched alkanes of at least 4 members (excludes halogenated alkanes) is 2. The molecule has 4 N–H and O–H groups in total. The molecule has 1 aromatic carbocycles. The Morgan fingerprint density at radius 1 is 1.26 bits per heavy atom. The predicted molar refractivity (Wildman–Crippen MR) is 152 cm³/mol. The first-order chi connectivity index (χ1) is 18.3. The maximum absolute atomic E-state index is 13.7. The number of thioether (sulfide) groups is 1. The summed E-state index contributed by atoms with van der Waals surface area (Å²) in [4.78, 5) is 11.5. The number of sulfone groups is 1. The summed E-state index contributed by atoms with van der Waals surface area (Å²) >= 11 is 1.95. The fourth-order valence-corrected chi connectivity index (χ4v) is 7.43. The smallest absolute Gasteiger partial charge is 0.315 e. The molecule has 2 amide bonds. The van der Waals surface area contributed by atoms with Gasteiger partial charge in [0.15, 0.2) is 9.84 Å². The van der Waals surface area contributed by atoms with E-state index in [4.69, 9.17) is 10.5 Å². The Bertz CT molecular complexity index is 1230. The number of nitrogens with two attached hydrogens (primary N) is 1. The number of ether oxygens (including phenoxy) is 1. The Labute approximate surface area is 239 Å². The van der Waals surface area contributed by atoms with E-state index >= 15 is 0 Å². The first-order valence-corrected chi connectivity index (χ1v) is 15.6. The molecule has 3 atom stereocenters. The van der Waals surface area contributed by atoms with Crippen LogP contribution in [0.25, 0.3) is 0 Å². The Hall–Kier alpha value is -2.35. The largest absolute Gasteiger partial charge is 0.494 e. The van der Waals surface area contributed by atoms with Crippen LogP contribution >= 0.6 is 24.2 Å². The molecule has 3 heterocycles. The van der Waals surface area contributed by atoms with Crippen molar-refractivity contribution in [3.05, 3.63) is 48.1 Å². The van der Waals surface area contributed by atoms with Crippen LogP contribution in [0, 0.1) is 0 Å².